The van der Waals surface area contributed by atoms with Gasteiger partial charge in [-0.1, -0.05) is 36.4 Å². The largest absolute Gasteiger partial charge is 0.326 e. The minimum atomic E-state index is -0.0388. The standard InChI is InChI=1S/C30H38N4OS2/c1-30(2,3)34-37-26-16-22(33-28(35)25-17-24(25)19-8-6-5-7-9-19)14-15-23(26)27-18-32-29(36-27)20-10-12-21(31-4)13-11-20/h5-9,14-16,18,20-21,24-25,31,34H,10-13,17H2,1-4H3,(H,33,35). The molecule has 2 atom stereocenters. The first kappa shape index (κ1) is 26.4. The number of carbonyl (C=O) groups excluding carboxylic acids is 1. The van der Waals surface area contributed by atoms with E-state index in [1.54, 1.807) is 11.9 Å². The number of nitrogens with one attached hydrogen (secondary N) is 3. The van der Waals surface area contributed by atoms with Crippen LogP contribution in [0, 0.1) is 5.92 Å². The first-order valence-electron chi connectivity index (χ1n) is 13.4. The van der Waals surface area contributed by atoms with Crippen molar-refractivity contribution in [3.05, 3.63) is 65.3 Å². The van der Waals surface area contributed by atoms with Gasteiger partial charge in [-0.25, -0.2) is 4.98 Å². The van der Waals surface area contributed by atoms with Crippen molar-refractivity contribution in [1.82, 2.24) is 15.0 Å². The molecule has 0 radical (unpaired) electrons. The summed E-state index contributed by atoms with van der Waals surface area (Å²) in [6.45, 7) is 6.48. The van der Waals surface area contributed by atoms with Crippen LogP contribution < -0.4 is 15.4 Å². The number of amides is 1. The Hall–Kier alpha value is -2.19. The maximum atomic E-state index is 13.0. The van der Waals surface area contributed by atoms with Crippen LogP contribution in [0.4, 0.5) is 5.69 Å². The van der Waals surface area contributed by atoms with Gasteiger partial charge >= 0.3 is 0 Å². The molecular weight excluding hydrogens is 496 g/mol. The van der Waals surface area contributed by atoms with E-state index in [9.17, 15) is 4.79 Å². The fourth-order valence-electron chi connectivity index (χ4n) is 5.11. The number of hydrogen-bond donors (Lipinski definition) is 3. The second kappa shape index (κ2) is 11.3. The summed E-state index contributed by atoms with van der Waals surface area (Å²) in [6, 6.07) is 17.3. The molecule has 3 N–H and O–H groups in total. The molecule has 2 aliphatic rings. The van der Waals surface area contributed by atoms with E-state index in [2.05, 4.69) is 67.4 Å². The molecule has 5 rings (SSSR count). The van der Waals surface area contributed by atoms with E-state index in [4.69, 9.17) is 4.98 Å². The van der Waals surface area contributed by atoms with Gasteiger partial charge in [-0.15, -0.1) is 11.3 Å². The maximum Gasteiger partial charge on any atom is 0.228 e. The summed E-state index contributed by atoms with van der Waals surface area (Å²) in [5, 5.41) is 7.86. The van der Waals surface area contributed by atoms with Crippen molar-refractivity contribution in [2.24, 2.45) is 5.92 Å². The van der Waals surface area contributed by atoms with Crippen LogP contribution in [0.15, 0.2) is 59.6 Å². The second-order valence-corrected chi connectivity index (χ2v) is 13.3. The molecule has 0 saturated heterocycles. The average molecular weight is 535 g/mol. The van der Waals surface area contributed by atoms with E-state index in [1.165, 1.54) is 46.7 Å². The third kappa shape index (κ3) is 6.63. The van der Waals surface area contributed by atoms with Gasteiger partial charge < -0.3 is 10.6 Å². The molecule has 0 bridgehead atoms. The molecule has 2 saturated carbocycles. The number of carbonyl (C=O) groups is 1. The van der Waals surface area contributed by atoms with E-state index in [1.807, 2.05) is 41.8 Å². The van der Waals surface area contributed by atoms with Gasteiger partial charge in [-0.3, -0.25) is 9.52 Å². The van der Waals surface area contributed by atoms with Gasteiger partial charge in [-0.05, 0) is 95.5 Å². The highest BCUT2D eigenvalue weighted by molar-refractivity contribution is 7.97. The Bertz CT molecular complexity index is 1210. The van der Waals surface area contributed by atoms with Crippen molar-refractivity contribution < 1.29 is 4.79 Å². The molecule has 2 aromatic carbocycles. The fourth-order valence-corrected chi connectivity index (χ4v) is 7.20. The molecule has 2 unspecified atom stereocenters. The quantitative estimate of drug-likeness (QED) is 0.267. The topological polar surface area (TPSA) is 66.0 Å². The van der Waals surface area contributed by atoms with Crippen LogP contribution in [0.1, 0.15) is 75.3 Å². The minimum absolute atomic E-state index is 0.0388. The second-order valence-electron chi connectivity index (χ2n) is 11.4. The summed E-state index contributed by atoms with van der Waals surface area (Å²) >= 11 is 3.45. The number of thiazole rings is 1. The van der Waals surface area contributed by atoms with Crippen LogP contribution in [-0.4, -0.2) is 29.5 Å². The van der Waals surface area contributed by atoms with E-state index in [0.29, 0.717) is 17.9 Å². The molecule has 7 heteroatoms. The van der Waals surface area contributed by atoms with Crippen molar-refractivity contribution in [1.29, 1.82) is 0 Å². The first-order valence-corrected chi connectivity index (χ1v) is 15.0. The highest BCUT2D eigenvalue weighted by Gasteiger charge is 2.43. The van der Waals surface area contributed by atoms with E-state index in [-0.39, 0.29) is 17.4 Å². The SMILES string of the molecule is CNC1CCC(c2ncc(-c3ccc(NC(=O)C4CC4c4ccccc4)cc3SNC(C)(C)C)s2)CC1. The number of anilines is 1. The summed E-state index contributed by atoms with van der Waals surface area (Å²) in [4.78, 5) is 20.2. The Labute approximate surface area is 229 Å². The van der Waals surface area contributed by atoms with Crippen molar-refractivity contribution in [3.63, 3.8) is 0 Å². The zero-order valence-corrected chi connectivity index (χ0v) is 23.8. The lowest BCUT2D eigenvalue weighted by atomic mass is 9.86. The molecule has 0 aliphatic heterocycles. The van der Waals surface area contributed by atoms with Crippen LogP contribution in [-0.2, 0) is 4.79 Å². The predicted molar refractivity (Wildman–Crippen MR) is 156 cm³/mol. The molecule has 0 spiro atoms. The lowest BCUT2D eigenvalue weighted by Crippen LogP contribution is -2.29. The Morgan fingerprint density at radius 2 is 1.81 bits per heavy atom. The number of hydrogen-bond acceptors (Lipinski definition) is 6. The van der Waals surface area contributed by atoms with Crippen LogP contribution in [0.3, 0.4) is 0 Å². The molecule has 2 aliphatic carbocycles. The fraction of sp³-hybridized carbons (Fsp3) is 0.467. The Morgan fingerprint density at radius 3 is 2.51 bits per heavy atom. The third-order valence-corrected chi connectivity index (χ3v) is 9.81. The molecule has 3 aromatic rings. The summed E-state index contributed by atoms with van der Waals surface area (Å²) in [5.41, 5.74) is 3.23. The van der Waals surface area contributed by atoms with Crippen LogP contribution in [0.25, 0.3) is 10.4 Å². The minimum Gasteiger partial charge on any atom is -0.326 e. The third-order valence-electron chi connectivity index (χ3n) is 7.34. The molecule has 1 aromatic heterocycles. The molecule has 37 heavy (non-hydrogen) atoms. The number of nitrogens with zero attached hydrogens (tertiary/aromatic N) is 1. The van der Waals surface area contributed by atoms with Gasteiger partial charge in [-0.2, -0.15) is 0 Å². The highest BCUT2D eigenvalue weighted by atomic mass is 32.2. The Kier molecular flexibility index (Phi) is 8.05. The zero-order valence-electron chi connectivity index (χ0n) is 22.2. The van der Waals surface area contributed by atoms with E-state index >= 15 is 0 Å². The van der Waals surface area contributed by atoms with Crippen LogP contribution >= 0.6 is 23.3 Å². The number of aromatic nitrogens is 1. The summed E-state index contributed by atoms with van der Waals surface area (Å²) < 4.78 is 3.56. The smallest absolute Gasteiger partial charge is 0.228 e. The van der Waals surface area contributed by atoms with Crippen molar-refractivity contribution in [2.75, 3.05) is 12.4 Å². The van der Waals surface area contributed by atoms with Gasteiger partial charge in [0.1, 0.15) is 0 Å². The van der Waals surface area contributed by atoms with Gasteiger partial charge in [0.2, 0.25) is 5.91 Å². The monoisotopic (exact) mass is 534 g/mol. The Balaban J connectivity index is 1.32. The summed E-state index contributed by atoms with van der Waals surface area (Å²) in [6.07, 6.45) is 7.78. The lowest BCUT2D eigenvalue weighted by Gasteiger charge is -2.26. The Morgan fingerprint density at radius 1 is 1.05 bits per heavy atom. The molecule has 5 nitrogen and oxygen atoms in total. The van der Waals surface area contributed by atoms with E-state index in [0.717, 1.165) is 17.0 Å². The van der Waals surface area contributed by atoms with Crippen LogP contribution in [0.2, 0.25) is 0 Å². The lowest BCUT2D eigenvalue weighted by molar-refractivity contribution is -0.117. The number of rotatable bonds is 8. The predicted octanol–water partition coefficient (Wildman–Crippen LogP) is 7.19. The maximum absolute atomic E-state index is 13.0. The van der Waals surface area contributed by atoms with E-state index < -0.39 is 0 Å². The van der Waals surface area contributed by atoms with Gasteiger partial charge in [0.05, 0.1) is 9.88 Å². The average Bonchev–Trinajstić information content (AvgIpc) is 3.57. The molecule has 1 amide bonds. The molecular formula is C30H38N4OS2. The normalized spacial score (nSPS) is 23.6. The summed E-state index contributed by atoms with van der Waals surface area (Å²) in [5.74, 6) is 1.05. The summed E-state index contributed by atoms with van der Waals surface area (Å²) in [7, 11) is 2.07. The van der Waals surface area contributed by atoms with Gasteiger partial charge in [0.15, 0.2) is 0 Å². The van der Waals surface area contributed by atoms with Crippen molar-refractivity contribution in [3.8, 4) is 10.4 Å². The van der Waals surface area contributed by atoms with Crippen LogP contribution in [0.5, 0.6) is 0 Å². The number of benzene rings is 2. The van der Waals surface area contributed by atoms with Gasteiger partial charge in [0.25, 0.3) is 0 Å². The molecule has 2 fully saturated rings. The van der Waals surface area contributed by atoms with Crippen molar-refractivity contribution in [2.45, 2.75) is 81.2 Å². The van der Waals surface area contributed by atoms with Gasteiger partial charge in [0, 0.05) is 45.8 Å². The molecule has 196 valence electrons. The van der Waals surface area contributed by atoms with Crippen molar-refractivity contribution >= 4 is 34.9 Å². The highest BCUT2D eigenvalue weighted by Crippen LogP contribution is 2.48. The first-order chi connectivity index (χ1) is 17.8. The molecule has 1 heterocycles. The zero-order chi connectivity index (χ0) is 26.0.